The summed E-state index contributed by atoms with van der Waals surface area (Å²) in [7, 11) is 3.29. The van der Waals surface area contributed by atoms with Gasteiger partial charge in [-0.05, 0) is 65.9 Å². The summed E-state index contributed by atoms with van der Waals surface area (Å²) in [6.07, 6.45) is 0.353. The molecule has 0 unspecified atom stereocenters. The van der Waals surface area contributed by atoms with E-state index in [2.05, 4.69) is 0 Å². The molecule has 0 radical (unpaired) electrons. The summed E-state index contributed by atoms with van der Waals surface area (Å²) in [6, 6.07) is 16.3. The Morgan fingerprint density at radius 2 is 1.58 bits per heavy atom. The molecule has 8 nitrogen and oxygen atoms in total. The van der Waals surface area contributed by atoms with Crippen molar-refractivity contribution in [3.05, 3.63) is 83.2 Å². The van der Waals surface area contributed by atoms with E-state index in [4.69, 9.17) is 14.6 Å². The summed E-state index contributed by atoms with van der Waals surface area (Å²) in [5.74, 6) is -1.59. The first-order chi connectivity index (χ1) is 18.1. The molecule has 0 aliphatic heterocycles. The van der Waals surface area contributed by atoms with Gasteiger partial charge in [-0.1, -0.05) is 24.3 Å². The molecule has 3 rings (SSSR count). The highest BCUT2D eigenvalue weighted by atomic mass is 19.1. The van der Waals surface area contributed by atoms with Gasteiger partial charge in [-0.25, -0.2) is 4.39 Å². The highest BCUT2D eigenvalue weighted by molar-refractivity contribution is 5.95. The third-order valence-corrected chi connectivity index (χ3v) is 5.74. The number of nitrogens with zero attached hydrogens (tertiary/aromatic N) is 1. The van der Waals surface area contributed by atoms with Crippen molar-refractivity contribution in [3.8, 4) is 22.6 Å². The molecule has 0 saturated carbocycles. The second kappa shape index (κ2) is 13.2. The molecule has 0 bridgehead atoms. The van der Waals surface area contributed by atoms with Gasteiger partial charge in [-0.3, -0.25) is 14.4 Å². The number of hydrogen-bond donors (Lipinski definition) is 2. The molecule has 1 amide bonds. The van der Waals surface area contributed by atoms with Crippen LogP contribution in [0.3, 0.4) is 0 Å². The Morgan fingerprint density at radius 3 is 2.24 bits per heavy atom. The molecule has 0 heterocycles. The van der Waals surface area contributed by atoms with Crippen LogP contribution in [0.2, 0.25) is 0 Å². The molecule has 0 spiro atoms. The van der Waals surface area contributed by atoms with E-state index < -0.39 is 11.9 Å². The molecule has 0 atom stereocenters. The fourth-order valence-corrected chi connectivity index (χ4v) is 3.84. The van der Waals surface area contributed by atoms with Gasteiger partial charge in [-0.2, -0.15) is 0 Å². The Kier molecular flexibility index (Phi) is 9.81. The predicted octanol–water partition coefficient (Wildman–Crippen LogP) is 5.03. The van der Waals surface area contributed by atoms with Crippen molar-refractivity contribution >= 4 is 17.8 Å². The Bertz CT molecular complexity index is 1290. The Labute approximate surface area is 220 Å². The lowest BCUT2D eigenvalue weighted by molar-refractivity contribution is -0.138. The molecule has 2 N–H and O–H groups in total. The highest BCUT2D eigenvalue weighted by Crippen LogP contribution is 2.30. The van der Waals surface area contributed by atoms with E-state index in [0.717, 1.165) is 0 Å². The third-order valence-electron chi connectivity index (χ3n) is 5.74. The lowest BCUT2D eigenvalue weighted by atomic mass is 10.0. The molecule has 200 valence electrons. The molecule has 38 heavy (non-hydrogen) atoms. The lowest BCUT2D eigenvalue weighted by Gasteiger charge is -2.17. The van der Waals surface area contributed by atoms with Crippen molar-refractivity contribution in [1.29, 1.82) is 0 Å². The average Bonchev–Trinajstić information content (AvgIpc) is 2.88. The van der Waals surface area contributed by atoms with Crippen LogP contribution in [-0.4, -0.2) is 53.7 Å². The van der Waals surface area contributed by atoms with E-state index in [1.807, 2.05) is 0 Å². The number of rotatable bonds is 13. The van der Waals surface area contributed by atoms with Crippen LogP contribution in [0.4, 0.5) is 4.39 Å². The average molecular weight is 524 g/mol. The molecule has 3 aromatic carbocycles. The third kappa shape index (κ3) is 8.06. The molecule has 3 aromatic rings. The van der Waals surface area contributed by atoms with Gasteiger partial charge < -0.3 is 24.6 Å². The lowest BCUT2D eigenvalue weighted by Crippen LogP contribution is -2.21. The van der Waals surface area contributed by atoms with Crippen molar-refractivity contribution in [3.63, 3.8) is 0 Å². The predicted molar refractivity (Wildman–Crippen MR) is 139 cm³/mol. The maximum Gasteiger partial charge on any atom is 0.303 e. The number of hydrogen-bond acceptors (Lipinski definition) is 5. The number of benzene rings is 3. The Morgan fingerprint density at radius 1 is 0.868 bits per heavy atom. The monoisotopic (exact) mass is 523 g/mol. The van der Waals surface area contributed by atoms with Gasteiger partial charge in [0.25, 0.3) is 5.91 Å². The van der Waals surface area contributed by atoms with Gasteiger partial charge in [-0.15, -0.1) is 0 Å². The minimum Gasteiger partial charge on any atom is -0.493 e. The van der Waals surface area contributed by atoms with Crippen molar-refractivity contribution < 1.29 is 38.5 Å². The van der Waals surface area contributed by atoms with Crippen LogP contribution >= 0.6 is 0 Å². The molecule has 0 aliphatic rings. The fourth-order valence-electron chi connectivity index (χ4n) is 3.84. The van der Waals surface area contributed by atoms with Crippen molar-refractivity contribution in [1.82, 2.24) is 4.90 Å². The van der Waals surface area contributed by atoms with Crippen LogP contribution in [0.5, 0.6) is 11.5 Å². The number of carboxylic acid groups (broad SMARTS) is 2. The van der Waals surface area contributed by atoms with Gasteiger partial charge >= 0.3 is 11.9 Å². The molecule has 0 saturated heterocycles. The first-order valence-electron chi connectivity index (χ1n) is 12.1. The van der Waals surface area contributed by atoms with E-state index >= 15 is 0 Å². The first kappa shape index (κ1) is 28.2. The number of amides is 1. The van der Waals surface area contributed by atoms with Crippen LogP contribution in [0, 0.1) is 5.82 Å². The molecular formula is C29H30FNO7. The summed E-state index contributed by atoms with van der Waals surface area (Å²) in [4.78, 5) is 36.2. The highest BCUT2D eigenvalue weighted by Gasteiger charge is 2.15. The van der Waals surface area contributed by atoms with E-state index in [9.17, 15) is 23.9 Å². The molecule has 9 heteroatoms. The standard InChI is InChI=1S/C29H30FNO7/c1-31(2)29(36)22-15-21(19-8-10-23(30)11-9-19)16-24(17-22)38-18-20-5-3-6-26(25(20)12-13-28(34)35)37-14-4-7-27(32)33/h3,5-6,8-11,15-17H,4,7,12-14,18H2,1-2H3,(H,32,33)(H,34,35). The van der Waals surface area contributed by atoms with Crippen molar-refractivity contribution in [2.75, 3.05) is 20.7 Å². The minimum absolute atomic E-state index is 0.0361. The zero-order valence-corrected chi connectivity index (χ0v) is 21.3. The van der Waals surface area contributed by atoms with E-state index in [1.165, 1.54) is 17.0 Å². The zero-order valence-electron chi connectivity index (χ0n) is 21.3. The number of carbonyl (C=O) groups excluding carboxylic acids is 1. The Balaban J connectivity index is 1.89. The van der Waals surface area contributed by atoms with Crippen LogP contribution in [0.1, 0.15) is 40.7 Å². The van der Waals surface area contributed by atoms with Crippen LogP contribution < -0.4 is 9.47 Å². The largest absolute Gasteiger partial charge is 0.493 e. The van der Waals surface area contributed by atoms with Crippen molar-refractivity contribution in [2.24, 2.45) is 0 Å². The summed E-state index contributed by atoms with van der Waals surface area (Å²) < 4.78 is 25.3. The second-order valence-corrected chi connectivity index (χ2v) is 8.87. The van der Waals surface area contributed by atoms with E-state index in [0.29, 0.717) is 45.7 Å². The molecule has 0 fully saturated rings. The van der Waals surface area contributed by atoms with Gasteiger partial charge in [0.15, 0.2) is 0 Å². The fraction of sp³-hybridized carbons (Fsp3) is 0.276. The van der Waals surface area contributed by atoms with Gasteiger partial charge in [0, 0.05) is 38.1 Å². The number of carboxylic acids is 2. The number of ether oxygens (including phenoxy) is 2. The molecular weight excluding hydrogens is 493 g/mol. The summed E-state index contributed by atoms with van der Waals surface area (Å²) in [6.45, 7) is 0.246. The quantitative estimate of drug-likeness (QED) is 0.302. The van der Waals surface area contributed by atoms with E-state index in [1.54, 1.807) is 62.6 Å². The maximum absolute atomic E-state index is 13.5. The number of halogens is 1. The molecule has 0 aliphatic carbocycles. The smallest absolute Gasteiger partial charge is 0.303 e. The number of carbonyl (C=O) groups is 3. The normalized spacial score (nSPS) is 10.6. The SMILES string of the molecule is CN(C)C(=O)c1cc(OCc2cccc(OCCCC(=O)O)c2CCC(=O)O)cc(-c2ccc(F)cc2)c1. The van der Waals surface area contributed by atoms with Gasteiger partial charge in [0.05, 0.1) is 6.61 Å². The second-order valence-electron chi connectivity index (χ2n) is 8.87. The zero-order chi connectivity index (χ0) is 27.7. The Hall–Kier alpha value is -4.40. The maximum atomic E-state index is 13.5. The van der Waals surface area contributed by atoms with E-state index in [-0.39, 0.29) is 44.2 Å². The first-order valence-corrected chi connectivity index (χ1v) is 12.1. The summed E-state index contributed by atoms with van der Waals surface area (Å²) in [5, 5.41) is 18.1. The topological polar surface area (TPSA) is 113 Å². The van der Waals surface area contributed by atoms with Crippen LogP contribution in [0.25, 0.3) is 11.1 Å². The number of aliphatic carboxylic acids is 2. The van der Waals surface area contributed by atoms with Crippen molar-refractivity contribution in [2.45, 2.75) is 32.3 Å². The van der Waals surface area contributed by atoms with Crippen LogP contribution in [-0.2, 0) is 22.6 Å². The van der Waals surface area contributed by atoms with Crippen LogP contribution in [0.15, 0.2) is 60.7 Å². The summed E-state index contributed by atoms with van der Waals surface area (Å²) >= 11 is 0. The summed E-state index contributed by atoms with van der Waals surface area (Å²) in [5.41, 5.74) is 3.14. The van der Waals surface area contributed by atoms with Gasteiger partial charge in [0.1, 0.15) is 23.9 Å². The minimum atomic E-state index is -0.962. The molecule has 0 aromatic heterocycles. The van der Waals surface area contributed by atoms with Gasteiger partial charge in [0.2, 0.25) is 0 Å².